The quantitative estimate of drug-likeness (QED) is 0.854. The highest BCUT2D eigenvalue weighted by Crippen LogP contribution is 2.29. The zero-order chi connectivity index (χ0) is 15.5. The van der Waals surface area contributed by atoms with Crippen LogP contribution < -0.4 is 10.6 Å². The average Bonchev–Trinajstić information content (AvgIpc) is 2.47. The summed E-state index contributed by atoms with van der Waals surface area (Å²) in [6.07, 6.45) is 3.54. The Labute approximate surface area is 125 Å². The molecule has 1 fully saturated rings. The number of nitrogens with zero attached hydrogens (tertiary/aromatic N) is 2. The predicted octanol–water partition coefficient (Wildman–Crippen LogP) is 1.85. The normalized spacial score (nSPS) is 22.1. The Morgan fingerprint density at radius 1 is 1.57 bits per heavy atom. The van der Waals surface area contributed by atoms with Crippen LogP contribution in [0.3, 0.4) is 0 Å². The van der Waals surface area contributed by atoms with Crippen LogP contribution in [0.5, 0.6) is 0 Å². The lowest BCUT2D eigenvalue weighted by molar-refractivity contribution is -0.00491. The summed E-state index contributed by atoms with van der Waals surface area (Å²) in [4.78, 5) is 18.5. The average molecular weight is 293 g/mol. The summed E-state index contributed by atoms with van der Waals surface area (Å²) in [6.45, 7) is 5.69. The van der Waals surface area contributed by atoms with Crippen LogP contribution in [0.1, 0.15) is 37.0 Å². The van der Waals surface area contributed by atoms with Gasteiger partial charge < -0.3 is 20.1 Å². The Morgan fingerprint density at radius 2 is 2.33 bits per heavy atom. The van der Waals surface area contributed by atoms with Crippen LogP contribution in [0, 0.1) is 0 Å². The fourth-order valence-electron chi connectivity index (χ4n) is 2.64. The van der Waals surface area contributed by atoms with Crippen molar-refractivity contribution in [3.05, 3.63) is 17.8 Å². The molecule has 1 unspecified atom stereocenters. The van der Waals surface area contributed by atoms with Gasteiger partial charge in [0, 0.05) is 20.2 Å². The van der Waals surface area contributed by atoms with Crippen LogP contribution in [0.15, 0.2) is 12.3 Å². The summed E-state index contributed by atoms with van der Waals surface area (Å²) in [5.74, 6) is 0.225. The molecule has 1 aromatic rings. The minimum Gasteiger partial charge on any atom is -0.462 e. The Kier molecular flexibility index (Phi) is 4.67. The monoisotopic (exact) mass is 293 g/mol. The molecule has 0 amide bonds. The summed E-state index contributed by atoms with van der Waals surface area (Å²) in [7, 11) is 1.71. The van der Waals surface area contributed by atoms with Crippen molar-refractivity contribution in [2.24, 2.45) is 0 Å². The van der Waals surface area contributed by atoms with Crippen LogP contribution in [-0.2, 0) is 9.47 Å². The third-order valence-corrected chi connectivity index (χ3v) is 3.83. The van der Waals surface area contributed by atoms with Gasteiger partial charge in [0.05, 0.1) is 24.1 Å². The molecule has 2 heterocycles. The number of nitrogens with two attached hydrogens (primary N) is 1. The van der Waals surface area contributed by atoms with Gasteiger partial charge >= 0.3 is 5.97 Å². The molecule has 1 aliphatic rings. The van der Waals surface area contributed by atoms with E-state index in [-0.39, 0.29) is 5.60 Å². The smallest absolute Gasteiger partial charge is 0.341 e. The zero-order valence-electron chi connectivity index (χ0n) is 12.9. The molecule has 6 heteroatoms. The molecule has 6 nitrogen and oxygen atoms in total. The van der Waals surface area contributed by atoms with E-state index in [1.807, 2.05) is 0 Å². The number of carbonyl (C=O) groups is 1. The number of nitrogen functional groups attached to an aromatic ring is 1. The highest BCUT2D eigenvalue weighted by Gasteiger charge is 2.33. The Hall–Kier alpha value is -1.82. The van der Waals surface area contributed by atoms with Crippen LogP contribution in [-0.4, -0.2) is 43.4 Å². The topological polar surface area (TPSA) is 77.7 Å². The molecule has 2 N–H and O–H groups in total. The van der Waals surface area contributed by atoms with Crippen molar-refractivity contribution in [1.82, 2.24) is 4.98 Å². The fourth-order valence-corrected chi connectivity index (χ4v) is 2.64. The third-order valence-electron chi connectivity index (χ3n) is 3.83. The highest BCUT2D eigenvalue weighted by molar-refractivity contribution is 5.95. The molecule has 1 saturated heterocycles. The van der Waals surface area contributed by atoms with E-state index in [0.717, 1.165) is 19.4 Å². The summed E-state index contributed by atoms with van der Waals surface area (Å²) in [5.41, 5.74) is 6.39. The molecule has 0 spiro atoms. The van der Waals surface area contributed by atoms with E-state index >= 15 is 0 Å². The molecule has 2 rings (SSSR count). The summed E-state index contributed by atoms with van der Waals surface area (Å²) >= 11 is 0. The summed E-state index contributed by atoms with van der Waals surface area (Å²) in [6, 6.07) is 1.62. The largest absolute Gasteiger partial charge is 0.462 e. The van der Waals surface area contributed by atoms with Gasteiger partial charge in [-0.05, 0) is 32.8 Å². The SMILES string of the molecule is CCOC(=O)c1cc(N)cnc1N1CCCC(C)(OC)C1. The van der Waals surface area contributed by atoms with Gasteiger partial charge in [-0.2, -0.15) is 0 Å². The number of pyridine rings is 1. The molecule has 0 saturated carbocycles. The molecule has 1 aliphatic heterocycles. The zero-order valence-corrected chi connectivity index (χ0v) is 12.9. The van der Waals surface area contributed by atoms with Crippen LogP contribution in [0.25, 0.3) is 0 Å². The van der Waals surface area contributed by atoms with Crippen LogP contribution in [0.4, 0.5) is 11.5 Å². The fraction of sp³-hybridized carbons (Fsp3) is 0.600. The van der Waals surface area contributed by atoms with E-state index in [1.54, 1.807) is 26.3 Å². The maximum atomic E-state index is 12.1. The Bertz CT molecular complexity index is 521. The number of rotatable bonds is 4. The van der Waals surface area contributed by atoms with E-state index < -0.39 is 5.97 Å². The maximum Gasteiger partial charge on any atom is 0.341 e. The van der Waals surface area contributed by atoms with Crippen LogP contribution >= 0.6 is 0 Å². The molecular formula is C15H23N3O3. The lowest BCUT2D eigenvalue weighted by Crippen LogP contribution is -2.48. The lowest BCUT2D eigenvalue weighted by Gasteiger charge is -2.40. The minimum atomic E-state index is -0.392. The number of hydrogen-bond donors (Lipinski definition) is 1. The van der Waals surface area contributed by atoms with Gasteiger partial charge in [0.2, 0.25) is 0 Å². The van der Waals surface area contributed by atoms with Crippen LogP contribution in [0.2, 0.25) is 0 Å². The standard InChI is InChI=1S/C15H23N3O3/c1-4-21-14(19)12-8-11(16)9-17-13(12)18-7-5-6-15(2,10-18)20-3/h8-9H,4-7,10,16H2,1-3H3. The Balaban J connectivity index is 2.32. The number of aromatic nitrogens is 1. The molecule has 0 bridgehead atoms. The predicted molar refractivity (Wildman–Crippen MR) is 81.5 cm³/mol. The van der Waals surface area contributed by atoms with E-state index in [0.29, 0.717) is 30.2 Å². The number of esters is 1. The molecule has 0 aliphatic carbocycles. The first-order valence-corrected chi connectivity index (χ1v) is 7.22. The first-order chi connectivity index (χ1) is 9.99. The van der Waals surface area contributed by atoms with E-state index in [1.165, 1.54) is 0 Å². The number of piperidine rings is 1. The molecule has 1 atom stereocenters. The highest BCUT2D eigenvalue weighted by atomic mass is 16.5. The van der Waals surface area contributed by atoms with Crippen molar-refractivity contribution < 1.29 is 14.3 Å². The van der Waals surface area contributed by atoms with Gasteiger partial charge in [-0.15, -0.1) is 0 Å². The van der Waals surface area contributed by atoms with E-state index in [9.17, 15) is 4.79 Å². The first-order valence-electron chi connectivity index (χ1n) is 7.22. The van der Waals surface area contributed by atoms with Gasteiger partial charge in [0.25, 0.3) is 0 Å². The second-order valence-electron chi connectivity index (χ2n) is 5.54. The molecule has 0 aromatic carbocycles. The van der Waals surface area contributed by atoms with E-state index in [4.69, 9.17) is 15.2 Å². The second kappa shape index (κ2) is 6.30. The number of methoxy groups -OCH3 is 1. The van der Waals surface area contributed by atoms with Gasteiger partial charge in [-0.25, -0.2) is 9.78 Å². The number of carbonyl (C=O) groups excluding carboxylic acids is 1. The van der Waals surface area contributed by atoms with Gasteiger partial charge in [0.15, 0.2) is 0 Å². The number of ether oxygens (including phenoxy) is 2. The first kappa shape index (κ1) is 15.6. The van der Waals surface area contributed by atoms with Crippen molar-refractivity contribution in [2.75, 3.05) is 37.4 Å². The number of anilines is 2. The summed E-state index contributed by atoms with van der Waals surface area (Å²) in [5, 5.41) is 0. The molecule has 1 aromatic heterocycles. The van der Waals surface area contributed by atoms with Crippen molar-refractivity contribution in [2.45, 2.75) is 32.3 Å². The second-order valence-corrected chi connectivity index (χ2v) is 5.54. The third kappa shape index (κ3) is 3.44. The van der Waals surface area contributed by atoms with Crippen molar-refractivity contribution in [3.63, 3.8) is 0 Å². The van der Waals surface area contributed by atoms with Gasteiger partial charge in [0.1, 0.15) is 11.4 Å². The lowest BCUT2D eigenvalue weighted by atomic mass is 9.94. The molecular weight excluding hydrogens is 270 g/mol. The van der Waals surface area contributed by atoms with Crippen molar-refractivity contribution in [3.8, 4) is 0 Å². The molecule has 0 radical (unpaired) electrons. The minimum absolute atomic E-state index is 0.229. The summed E-state index contributed by atoms with van der Waals surface area (Å²) < 4.78 is 10.7. The number of hydrogen-bond acceptors (Lipinski definition) is 6. The van der Waals surface area contributed by atoms with E-state index in [2.05, 4.69) is 16.8 Å². The maximum absolute atomic E-state index is 12.1. The molecule has 116 valence electrons. The molecule has 21 heavy (non-hydrogen) atoms. The van der Waals surface area contributed by atoms with Crippen molar-refractivity contribution >= 4 is 17.5 Å². The Morgan fingerprint density at radius 3 is 3.00 bits per heavy atom. The van der Waals surface area contributed by atoms with Crippen molar-refractivity contribution in [1.29, 1.82) is 0 Å². The van der Waals surface area contributed by atoms with Gasteiger partial charge in [-0.1, -0.05) is 0 Å². The van der Waals surface area contributed by atoms with Gasteiger partial charge in [-0.3, -0.25) is 0 Å².